The number of carbonyl (C=O) groups is 6. The van der Waals surface area contributed by atoms with Gasteiger partial charge in [-0.25, -0.2) is 0 Å². The number of hydrogen-bond donors (Lipinski definition) is 8. The van der Waals surface area contributed by atoms with E-state index in [0.29, 0.717) is 17.7 Å². The Bertz CT molecular complexity index is 1220. The van der Waals surface area contributed by atoms with Crippen LogP contribution >= 0.6 is 0 Å². The van der Waals surface area contributed by atoms with Gasteiger partial charge in [0.15, 0.2) is 5.96 Å². The van der Waals surface area contributed by atoms with E-state index in [2.05, 4.69) is 20.9 Å². The maximum absolute atomic E-state index is 13.8. The lowest BCUT2D eigenvalue weighted by Gasteiger charge is -2.40. The number of aliphatic hydroxyl groups excluding tert-OH is 1. The minimum Gasteiger partial charge on any atom is -0.481 e. The summed E-state index contributed by atoms with van der Waals surface area (Å²) in [6, 6.07) is 1.73. The van der Waals surface area contributed by atoms with Gasteiger partial charge in [0.2, 0.25) is 23.6 Å². The molecule has 16 heteroatoms. The number of carbonyl (C=O) groups excluding carboxylic acids is 5. The lowest BCUT2D eigenvalue weighted by atomic mass is 9.91. The van der Waals surface area contributed by atoms with Gasteiger partial charge in [-0.05, 0) is 30.4 Å². The van der Waals surface area contributed by atoms with Crippen molar-refractivity contribution in [2.45, 2.75) is 63.7 Å². The van der Waals surface area contributed by atoms with Crippen LogP contribution in [0.1, 0.15) is 38.7 Å². The van der Waals surface area contributed by atoms with Crippen LogP contribution in [0.3, 0.4) is 0 Å². The van der Waals surface area contributed by atoms with Crippen molar-refractivity contribution in [3.63, 3.8) is 0 Å². The first-order chi connectivity index (χ1) is 19.8. The topological polar surface area (TPSA) is 273 Å². The Morgan fingerprint density at radius 3 is 2.29 bits per heavy atom. The molecule has 5 amide bonds. The van der Waals surface area contributed by atoms with Gasteiger partial charge in [-0.1, -0.05) is 32.0 Å². The molecule has 0 aromatic heterocycles. The minimum absolute atomic E-state index is 0.0200. The number of anilines is 1. The summed E-state index contributed by atoms with van der Waals surface area (Å²) in [5.41, 5.74) is 17.2. The third-order valence-corrected chi connectivity index (χ3v) is 6.48. The van der Waals surface area contributed by atoms with Crippen LogP contribution in [0.4, 0.5) is 5.69 Å². The highest BCUT2D eigenvalue weighted by atomic mass is 16.4. The molecule has 0 aliphatic carbocycles. The number of carboxylic acids is 1. The minimum atomic E-state index is -1.57. The van der Waals surface area contributed by atoms with Gasteiger partial charge in [0.05, 0.1) is 6.42 Å². The molecule has 1 aliphatic heterocycles. The second kappa shape index (κ2) is 15.3. The number of amides is 5. The number of nitrogens with one attached hydrogen (secondary N) is 3. The number of hydrogen-bond acceptors (Lipinski definition) is 8. The largest absolute Gasteiger partial charge is 0.481 e. The summed E-state index contributed by atoms with van der Waals surface area (Å²) in [7, 11) is 0. The summed E-state index contributed by atoms with van der Waals surface area (Å²) in [5.74, 6) is -6.05. The number of nitrogens with zero attached hydrogens (tertiary/aromatic N) is 2. The molecule has 0 bridgehead atoms. The van der Waals surface area contributed by atoms with E-state index >= 15 is 0 Å². The van der Waals surface area contributed by atoms with Crippen molar-refractivity contribution in [1.29, 1.82) is 0 Å². The summed E-state index contributed by atoms with van der Waals surface area (Å²) >= 11 is 0. The number of aliphatic hydroxyl groups is 1. The molecular formula is C26H38N8O8. The standard InChI is InChI=1S/C26H38N8O8/c1-13(2)21(24(41)32-15(22(27)39)7-5-9-30-26(28)29)34-18-8-4-3-6-14(18)10-17(25(34)42)33-23(40)16(11-20(37)38)31-19(36)12-35/h3-4,6,8,13,15-17,21,35H,5,7,9-12H2,1-2H3,(H2,27,39)(H,31,36)(H,32,41)(H,33,40)(H,37,38)(H4,28,29,30)/t15-,16-,17+,21-/m0/s1. The van der Waals surface area contributed by atoms with E-state index in [1.807, 2.05) is 0 Å². The number of aliphatic carboxylic acids is 1. The van der Waals surface area contributed by atoms with E-state index in [1.54, 1.807) is 38.1 Å². The second-order valence-electron chi connectivity index (χ2n) is 10.1. The Kier molecular flexibility index (Phi) is 12.2. The van der Waals surface area contributed by atoms with Crippen molar-refractivity contribution in [2.24, 2.45) is 28.1 Å². The van der Waals surface area contributed by atoms with Crippen molar-refractivity contribution in [1.82, 2.24) is 16.0 Å². The highest BCUT2D eigenvalue weighted by Gasteiger charge is 2.42. The van der Waals surface area contributed by atoms with Crippen LogP contribution in [0.25, 0.3) is 0 Å². The Morgan fingerprint density at radius 2 is 1.71 bits per heavy atom. The van der Waals surface area contributed by atoms with Crippen LogP contribution < -0.4 is 38.1 Å². The summed E-state index contributed by atoms with van der Waals surface area (Å²) in [4.78, 5) is 80.6. The van der Waals surface area contributed by atoms with Crippen LogP contribution in [0, 0.1) is 5.92 Å². The van der Waals surface area contributed by atoms with Gasteiger partial charge in [-0.2, -0.15) is 0 Å². The maximum Gasteiger partial charge on any atom is 0.305 e. The molecule has 0 saturated heterocycles. The van der Waals surface area contributed by atoms with Gasteiger partial charge in [0, 0.05) is 18.7 Å². The maximum atomic E-state index is 13.8. The molecule has 0 fully saturated rings. The number of para-hydroxylation sites is 1. The van der Waals surface area contributed by atoms with Gasteiger partial charge >= 0.3 is 5.97 Å². The Labute approximate surface area is 242 Å². The summed E-state index contributed by atoms with van der Waals surface area (Å²) < 4.78 is 0. The van der Waals surface area contributed by atoms with Crippen LogP contribution in [-0.4, -0.2) is 89.0 Å². The zero-order valence-electron chi connectivity index (χ0n) is 23.4. The summed E-state index contributed by atoms with van der Waals surface area (Å²) in [5, 5.41) is 25.4. The fourth-order valence-electron chi connectivity index (χ4n) is 4.57. The van der Waals surface area contributed by atoms with Gasteiger partial charge in [0.1, 0.15) is 30.8 Å². The normalized spacial score (nSPS) is 16.4. The number of carboxylic acid groups (broad SMARTS) is 1. The van der Waals surface area contributed by atoms with Gasteiger partial charge in [0.25, 0.3) is 5.91 Å². The van der Waals surface area contributed by atoms with Gasteiger partial charge in [-0.15, -0.1) is 0 Å². The first kappa shape index (κ1) is 33.5. The third-order valence-electron chi connectivity index (χ3n) is 6.48. The second-order valence-corrected chi connectivity index (χ2v) is 10.1. The number of fused-ring (bicyclic) bond motifs is 1. The fourth-order valence-corrected chi connectivity index (χ4v) is 4.57. The van der Waals surface area contributed by atoms with Crippen molar-refractivity contribution in [3.8, 4) is 0 Å². The zero-order valence-corrected chi connectivity index (χ0v) is 23.4. The predicted molar refractivity (Wildman–Crippen MR) is 150 cm³/mol. The molecule has 0 spiro atoms. The average molecular weight is 591 g/mol. The molecule has 1 heterocycles. The summed E-state index contributed by atoms with van der Waals surface area (Å²) in [6.07, 6.45) is -0.307. The Hall–Kier alpha value is -4.73. The van der Waals surface area contributed by atoms with E-state index in [9.17, 15) is 33.9 Å². The average Bonchev–Trinajstić information content (AvgIpc) is 2.91. The summed E-state index contributed by atoms with van der Waals surface area (Å²) in [6.45, 7) is 2.64. The highest BCUT2D eigenvalue weighted by Crippen LogP contribution is 2.32. The smallest absolute Gasteiger partial charge is 0.305 e. The number of benzene rings is 1. The molecule has 0 saturated carbocycles. The van der Waals surface area contributed by atoms with E-state index < -0.39 is 78.6 Å². The van der Waals surface area contributed by atoms with Crippen molar-refractivity contribution in [2.75, 3.05) is 18.1 Å². The molecule has 16 nitrogen and oxygen atoms in total. The lowest BCUT2D eigenvalue weighted by molar-refractivity contribution is -0.141. The van der Waals surface area contributed by atoms with E-state index in [1.165, 1.54) is 4.90 Å². The molecule has 0 radical (unpaired) electrons. The molecular weight excluding hydrogens is 552 g/mol. The first-order valence-electron chi connectivity index (χ1n) is 13.2. The van der Waals surface area contributed by atoms with E-state index in [4.69, 9.17) is 22.3 Å². The molecule has 230 valence electrons. The van der Waals surface area contributed by atoms with Crippen molar-refractivity contribution in [3.05, 3.63) is 29.8 Å². The quantitative estimate of drug-likeness (QED) is 0.0584. The molecule has 0 unspecified atom stereocenters. The number of rotatable bonds is 15. The molecule has 2 rings (SSSR count). The Balaban J connectivity index is 2.37. The van der Waals surface area contributed by atoms with Crippen LogP contribution in [-0.2, 0) is 35.2 Å². The van der Waals surface area contributed by atoms with Crippen molar-refractivity contribution < 1.29 is 39.0 Å². The molecule has 1 aromatic rings. The molecule has 4 atom stereocenters. The lowest BCUT2D eigenvalue weighted by Crippen LogP contribution is -2.63. The van der Waals surface area contributed by atoms with Crippen molar-refractivity contribution >= 4 is 47.2 Å². The number of primary amides is 1. The number of aliphatic imine (C=N–C) groups is 1. The Morgan fingerprint density at radius 1 is 1.05 bits per heavy atom. The highest BCUT2D eigenvalue weighted by molar-refractivity contribution is 6.07. The monoisotopic (exact) mass is 590 g/mol. The number of nitrogens with two attached hydrogens (primary N) is 3. The SMILES string of the molecule is CC(C)[C@@H](C(=O)N[C@@H](CCCN=C(N)N)C(N)=O)N1C(=O)[C@H](NC(=O)[C@H](CC(=O)O)NC(=O)CO)Cc2ccccc21. The van der Waals surface area contributed by atoms with Crippen LogP contribution in [0.5, 0.6) is 0 Å². The van der Waals surface area contributed by atoms with Gasteiger partial charge in [-0.3, -0.25) is 38.7 Å². The molecule has 42 heavy (non-hydrogen) atoms. The fraction of sp³-hybridized carbons (Fsp3) is 0.500. The van der Waals surface area contributed by atoms with Crippen LogP contribution in [0.2, 0.25) is 0 Å². The molecule has 1 aromatic carbocycles. The predicted octanol–water partition coefficient (Wildman–Crippen LogP) is -2.94. The first-order valence-corrected chi connectivity index (χ1v) is 13.2. The third kappa shape index (κ3) is 9.15. The number of guanidine groups is 1. The molecule has 1 aliphatic rings. The van der Waals surface area contributed by atoms with E-state index in [0.717, 1.165) is 0 Å². The van der Waals surface area contributed by atoms with Crippen LogP contribution in [0.15, 0.2) is 29.3 Å². The van der Waals surface area contributed by atoms with E-state index in [-0.39, 0.29) is 25.3 Å². The molecule has 11 N–H and O–H groups in total. The zero-order chi connectivity index (χ0) is 31.6. The van der Waals surface area contributed by atoms with Gasteiger partial charge < -0.3 is 43.4 Å².